The molecular formula is C19H24ClN. The summed E-state index contributed by atoms with van der Waals surface area (Å²) in [6.45, 7) is 6.59. The normalized spacial score (nSPS) is 12.7. The zero-order valence-corrected chi connectivity index (χ0v) is 14.0. The van der Waals surface area contributed by atoms with Crippen molar-refractivity contribution >= 4 is 11.6 Å². The Labute approximate surface area is 133 Å². The third kappa shape index (κ3) is 4.33. The van der Waals surface area contributed by atoms with E-state index in [1.807, 2.05) is 19.2 Å². The van der Waals surface area contributed by atoms with Crippen molar-refractivity contribution in [3.05, 3.63) is 69.7 Å². The molecule has 1 atom stereocenters. The molecule has 0 fully saturated rings. The van der Waals surface area contributed by atoms with Crippen molar-refractivity contribution in [3.63, 3.8) is 0 Å². The smallest absolute Gasteiger partial charge is 0.0575 e. The fraction of sp³-hybridized carbons (Fsp3) is 0.368. The Bertz CT molecular complexity index is 584. The topological polar surface area (TPSA) is 12.0 Å². The molecule has 1 unspecified atom stereocenters. The van der Waals surface area contributed by atoms with Gasteiger partial charge in [0.15, 0.2) is 0 Å². The molecule has 21 heavy (non-hydrogen) atoms. The molecule has 0 aliphatic heterocycles. The van der Waals surface area contributed by atoms with Crippen LogP contribution in [-0.4, -0.2) is 7.05 Å². The van der Waals surface area contributed by atoms with E-state index in [0.29, 0.717) is 5.92 Å². The van der Waals surface area contributed by atoms with Crippen molar-refractivity contribution in [2.24, 2.45) is 5.92 Å². The van der Waals surface area contributed by atoms with Gasteiger partial charge in [0.2, 0.25) is 0 Å². The molecule has 2 heteroatoms. The van der Waals surface area contributed by atoms with Crippen LogP contribution in [0.4, 0.5) is 0 Å². The first-order chi connectivity index (χ1) is 9.99. The molecule has 0 bridgehead atoms. The molecule has 1 nitrogen and oxygen atoms in total. The second kappa shape index (κ2) is 7.11. The van der Waals surface area contributed by atoms with Gasteiger partial charge in [-0.2, -0.15) is 0 Å². The fourth-order valence-corrected chi connectivity index (χ4v) is 3.13. The van der Waals surface area contributed by atoms with E-state index < -0.39 is 0 Å². The molecule has 112 valence electrons. The van der Waals surface area contributed by atoms with Gasteiger partial charge < -0.3 is 5.32 Å². The first-order valence-electron chi connectivity index (χ1n) is 7.52. The summed E-state index contributed by atoms with van der Waals surface area (Å²) < 4.78 is 0. The number of rotatable bonds is 5. The summed E-state index contributed by atoms with van der Waals surface area (Å²) >= 11 is 6.21. The predicted molar refractivity (Wildman–Crippen MR) is 92.1 cm³/mol. The summed E-state index contributed by atoms with van der Waals surface area (Å²) in [6.07, 6.45) is 1.11. The van der Waals surface area contributed by atoms with Gasteiger partial charge in [0.25, 0.3) is 0 Å². The highest BCUT2D eigenvalue weighted by Crippen LogP contribution is 2.26. The number of hydrogen-bond donors (Lipinski definition) is 1. The maximum absolute atomic E-state index is 6.21. The second-order valence-electron chi connectivity index (χ2n) is 6.13. The average molecular weight is 302 g/mol. The Morgan fingerprint density at radius 1 is 1.05 bits per heavy atom. The molecule has 0 radical (unpaired) electrons. The van der Waals surface area contributed by atoms with E-state index in [0.717, 1.165) is 11.4 Å². The standard InChI is InChI=1S/C19H24ClN/c1-13(2)8-15-6-5-7-16(11-15)19(21-4)17-9-14(3)10-18(20)12-17/h5-7,9-13,19,21H,8H2,1-4H3. The van der Waals surface area contributed by atoms with Crippen LogP contribution in [0.25, 0.3) is 0 Å². The van der Waals surface area contributed by atoms with E-state index in [1.165, 1.54) is 22.3 Å². The first kappa shape index (κ1) is 16.1. The average Bonchev–Trinajstić information content (AvgIpc) is 2.38. The van der Waals surface area contributed by atoms with Crippen LogP contribution >= 0.6 is 11.6 Å². The van der Waals surface area contributed by atoms with Crippen molar-refractivity contribution in [2.45, 2.75) is 33.2 Å². The quantitative estimate of drug-likeness (QED) is 0.804. The van der Waals surface area contributed by atoms with Crippen LogP contribution < -0.4 is 5.32 Å². The fourth-order valence-electron chi connectivity index (χ4n) is 2.83. The SMILES string of the molecule is CNC(c1cc(C)cc(Cl)c1)c1cccc(CC(C)C)c1. The van der Waals surface area contributed by atoms with Gasteiger partial charge in [0, 0.05) is 5.02 Å². The highest BCUT2D eigenvalue weighted by molar-refractivity contribution is 6.30. The van der Waals surface area contributed by atoms with Crippen molar-refractivity contribution in [1.82, 2.24) is 5.32 Å². The molecule has 0 aliphatic rings. The summed E-state index contributed by atoms with van der Waals surface area (Å²) in [5, 5.41) is 4.21. The van der Waals surface area contributed by atoms with Crippen LogP contribution in [-0.2, 0) is 6.42 Å². The van der Waals surface area contributed by atoms with Crippen molar-refractivity contribution in [3.8, 4) is 0 Å². The Balaban J connectivity index is 2.36. The van der Waals surface area contributed by atoms with Gasteiger partial charge >= 0.3 is 0 Å². The molecule has 0 amide bonds. The minimum atomic E-state index is 0.175. The third-order valence-electron chi connectivity index (χ3n) is 3.61. The Morgan fingerprint density at radius 3 is 2.43 bits per heavy atom. The van der Waals surface area contributed by atoms with Gasteiger partial charge in [-0.25, -0.2) is 0 Å². The molecule has 0 saturated carbocycles. The van der Waals surface area contributed by atoms with Crippen LogP contribution in [0.3, 0.4) is 0 Å². The minimum Gasteiger partial charge on any atom is -0.309 e. The van der Waals surface area contributed by atoms with E-state index in [1.54, 1.807) is 0 Å². The monoisotopic (exact) mass is 301 g/mol. The maximum Gasteiger partial charge on any atom is 0.0575 e. The van der Waals surface area contributed by atoms with E-state index in [-0.39, 0.29) is 6.04 Å². The van der Waals surface area contributed by atoms with Crippen molar-refractivity contribution < 1.29 is 0 Å². The first-order valence-corrected chi connectivity index (χ1v) is 7.90. The summed E-state index contributed by atoms with van der Waals surface area (Å²) in [5.41, 5.74) is 5.08. The van der Waals surface area contributed by atoms with E-state index >= 15 is 0 Å². The van der Waals surface area contributed by atoms with Gasteiger partial charge in [0.05, 0.1) is 6.04 Å². The number of aryl methyl sites for hydroxylation is 1. The molecule has 0 saturated heterocycles. The minimum absolute atomic E-state index is 0.175. The van der Waals surface area contributed by atoms with Gasteiger partial charge in [-0.3, -0.25) is 0 Å². The number of benzene rings is 2. The molecule has 2 rings (SSSR count). The Kier molecular flexibility index (Phi) is 5.44. The summed E-state index contributed by atoms with van der Waals surface area (Å²) in [4.78, 5) is 0. The lowest BCUT2D eigenvalue weighted by Gasteiger charge is -2.19. The predicted octanol–water partition coefficient (Wildman–Crippen LogP) is 5.16. The zero-order valence-electron chi connectivity index (χ0n) is 13.3. The molecule has 2 aromatic carbocycles. The summed E-state index contributed by atoms with van der Waals surface area (Å²) in [5.74, 6) is 0.668. The lowest BCUT2D eigenvalue weighted by Crippen LogP contribution is -2.18. The highest BCUT2D eigenvalue weighted by Gasteiger charge is 2.13. The van der Waals surface area contributed by atoms with Crippen molar-refractivity contribution in [1.29, 1.82) is 0 Å². The van der Waals surface area contributed by atoms with Gasteiger partial charge in [-0.05, 0) is 60.7 Å². The van der Waals surface area contributed by atoms with Crippen LogP contribution in [0.1, 0.15) is 42.1 Å². The third-order valence-corrected chi connectivity index (χ3v) is 3.83. The van der Waals surface area contributed by atoms with Crippen LogP contribution in [0.5, 0.6) is 0 Å². The van der Waals surface area contributed by atoms with E-state index in [9.17, 15) is 0 Å². The highest BCUT2D eigenvalue weighted by atomic mass is 35.5. The summed E-state index contributed by atoms with van der Waals surface area (Å²) in [6, 6.07) is 15.3. The second-order valence-corrected chi connectivity index (χ2v) is 6.56. The molecule has 2 aromatic rings. The number of hydrogen-bond acceptors (Lipinski definition) is 1. The van der Waals surface area contributed by atoms with Crippen LogP contribution in [0.15, 0.2) is 42.5 Å². The lowest BCUT2D eigenvalue weighted by atomic mass is 9.94. The van der Waals surface area contributed by atoms with Gasteiger partial charge in [-0.15, -0.1) is 0 Å². The Hall–Kier alpha value is -1.31. The number of nitrogens with one attached hydrogen (secondary N) is 1. The molecule has 0 aliphatic carbocycles. The molecule has 0 heterocycles. The van der Waals surface area contributed by atoms with Crippen LogP contribution in [0.2, 0.25) is 5.02 Å². The number of halogens is 1. The zero-order chi connectivity index (χ0) is 15.4. The molecular weight excluding hydrogens is 278 g/mol. The molecule has 0 aromatic heterocycles. The summed E-state index contributed by atoms with van der Waals surface area (Å²) in [7, 11) is 2.00. The molecule has 0 spiro atoms. The van der Waals surface area contributed by atoms with E-state index in [2.05, 4.69) is 56.4 Å². The van der Waals surface area contributed by atoms with Crippen molar-refractivity contribution in [2.75, 3.05) is 7.05 Å². The van der Waals surface area contributed by atoms with E-state index in [4.69, 9.17) is 11.6 Å². The van der Waals surface area contributed by atoms with Gasteiger partial charge in [-0.1, -0.05) is 55.8 Å². The Morgan fingerprint density at radius 2 is 1.81 bits per heavy atom. The largest absolute Gasteiger partial charge is 0.309 e. The van der Waals surface area contributed by atoms with Crippen LogP contribution in [0, 0.1) is 12.8 Å². The van der Waals surface area contributed by atoms with Gasteiger partial charge in [0.1, 0.15) is 0 Å². The molecule has 1 N–H and O–H groups in total. The lowest BCUT2D eigenvalue weighted by molar-refractivity contribution is 0.643. The maximum atomic E-state index is 6.21.